The lowest BCUT2D eigenvalue weighted by atomic mass is 10.2. The summed E-state index contributed by atoms with van der Waals surface area (Å²) in [7, 11) is 0. The first-order valence-electron chi connectivity index (χ1n) is 7.41. The van der Waals surface area contributed by atoms with Gasteiger partial charge in [0.05, 0.1) is 22.9 Å². The van der Waals surface area contributed by atoms with E-state index in [-0.39, 0.29) is 16.8 Å². The highest BCUT2D eigenvalue weighted by atomic mass is 35.5. The van der Waals surface area contributed by atoms with Crippen LogP contribution in [0.2, 0.25) is 5.02 Å². The van der Waals surface area contributed by atoms with Crippen LogP contribution in [0.15, 0.2) is 57.8 Å². The van der Waals surface area contributed by atoms with E-state index < -0.39 is 16.4 Å². The van der Waals surface area contributed by atoms with Gasteiger partial charge in [0.2, 0.25) is 5.75 Å². The van der Waals surface area contributed by atoms with Crippen LogP contribution in [0, 0.1) is 10.1 Å². The number of phenolic OH excluding ortho intramolecular Hbond substituents is 1. The van der Waals surface area contributed by atoms with E-state index in [1.54, 1.807) is 5.01 Å². The van der Waals surface area contributed by atoms with Crippen molar-refractivity contribution in [3.63, 3.8) is 0 Å². The van der Waals surface area contributed by atoms with Crippen molar-refractivity contribution in [2.24, 2.45) is 15.3 Å². The number of phenols is 1. The fourth-order valence-electron chi connectivity index (χ4n) is 2.40. The number of nitrogens with zero attached hydrogens (tertiary/aromatic N) is 5. The number of anilines is 1. The lowest BCUT2D eigenvalue weighted by Gasteiger charge is -2.13. The van der Waals surface area contributed by atoms with Gasteiger partial charge in [-0.15, -0.1) is 0 Å². The van der Waals surface area contributed by atoms with E-state index in [0.717, 1.165) is 17.5 Å². The molecule has 8 nitrogen and oxygen atoms in total. The Bertz CT molecular complexity index is 870. The number of benzene rings is 2. The SMILES string of the molecule is CC1=NN(c2ccccc2)CC1N=Nc1cc(Cl)cc([N+](=O)[O-])c1O. The Morgan fingerprint density at radius 1 is 1.36 bits per heavy atom. The van der Waals surface area contributed by atoms with Crippen molar-refractivity contribution in [3.8, 4) is 5.75 Å². The monoisotopic (exact) mass is 359 g/mol. The van der Waals surface area contributed by atoms with Crippen molar-refractivity contribution in [3.05, 3.63) is 57.6 Å². The molecule has 9 heteroatoms. The third-order valence-corrected chi connectivity index (χ3v) is 3.92. The summed E-state index contributed by atoms with van der Waals surface area (Å²) < 4.78 is 0. The Morgan fingerprint density at radius 3 is 2.76 bits per heavy atom. The second kappa shape index (κ2) is 6.86. The van der Waals surface area contributed by atoms with Gasteiger partial charge in [-0.05, 0) is 25.1 Å². The Balaban J connectivity index is 1.82. The number of azo groups is 1. The third-order valence-electron chi connectivity index (χ3n) is 3.70. The van der Waals surface area contributed by atoms with Crippen LogP contribution in [0.1, 0.15) is 6.92 Å². The summed E-state index contributed by atoms with van der Waals surface area (Å²) >= 11 is 5.84. The van der Waals surface area contributed by atoms with Gasteiger partial charge in [-0.25, -0.2) is 0 Å². The van der Waals surface area contributed by atoms with Gasteiger partial charge in [-0.1, -0.05) is 29.8 Å². The fraction of sp³-hybridized carbons (Fsp3) is 0.188. The van der Waals surface area contributed by atoms with E-state index >= 15 is 0 Å². The fourth-order valence-corrected chi connectivity index (χ4v) is 2.60. The summed E-state index contributed by atoms with van der Waals surface area (Å²) in [6.07, 6.45) is 0. The highest BCUT2D eigenvalue weighted by Gasteiger charge is 2.25. The van der Waals surface area contributed by atoms with E-state index in [1.165, 1.54) is 6.07 Å². The number of rotatable bonds is 4. The van der Waals surface area contributed by atoms with Gasteiger partial charge >= 0.3 is 5.69 Å². The molecule has 1 aliphatic rings. The van der Waals surface area contributed by atoms with E-state index in [4.69, 9.17) is 11.6 Å². The van der Waals surface area contributed by atoms with Crippen LogP contribution in [0.4, 0.5) is 17.1 Å². The Labute approximate surface area is 148 Å². The first-order valence-corrected chi connectivity index (χ1v) is 7.79. The van der Waals surface area contributed by atoms with Crippen molar-refractivity contribution in [1.29, 1.82) is 0 Å². The van der Waals surface area contributed by atoms with Crippen molar-refractivity contribution < 1.29 is 10.0 Å². The molecule has 0 radical (unpaired) electrons. The van der Waals surface area contributed by atoms with E-state index in [2.05, 4.69) is 15.3 Å². The number of nitro benzene ring substituents is 1. The highest BCUT2D eigenvalue weighted by Crippen LogP contribution is 2.39. The molecule has 0 fully saturated rings. The largest absolute Gasteiger partial charge is 0.501 e. The van der Waals surface area contributed by atoms with Crippen LogP contribution < -0.4 is 5.01 Å². The molecule has 1 unspecified atom stereocenters. The Morgan fingerprint density at radius 2 is 2.08 bits per heavy atom. The van der Waals surface area contributed by atoms with Crippen molar-refractivity contribution >= 4 is 34.4 Å². The van der Waals surface area contributed by atoms with E-state index in [0.29, 0.717) is 6.54 Å². The molecule has 1 N–H and O–H groups in total. The average Bonchev–Trinajstić information content (AvgIpc) is 2.97. The Hall–Kier alpha value is -3.00. The minimum absolute atomic E-state index is 0.0508. The number of halogens is 1. The number of hydrazone groups is 1. The minimum Gasteiger partial charge on any atom is -0.501 e. The van der Waals surface area contributed by atoms with Crippen molar-refractivity contribution in [2.45, 2.75) is 13.0 Å². The zero-order valence-electron chi connectivity index (χ0n) is 13.2. The van der Waals surface area contributed by atoms with Gasteiger partial charge in [0.15, 0.2) is 0 Å². The van der Waals surface area contributed by atoms with Gasteiger partial charge in [-0.3, -0.25) is 15.1 Å². The molecular weight excluding hydrogens is 346 g/mol. The molecule has 0 spiro atoms. The smallest absolute Gasteiger partial charge is 0.314 e. The summed E-state index contributed by atoms with van der Waals surface area (Å²) in [5.74, 6) is -0.564. The summed E-state index contributed by atoms with van der Waals surface area (Å²) in [5, 5.41) is 35.3. The van der Waals surface area contributed by atoms with E-state index in [1.807, 2.05) is 37.3 Å². The molecule has 0 amide bonds. The molecule has 2 aromatic rings. The summed E-state index contributed by atoms with van der Waals surface area (Å²) in [6.45, 7) is 2.32. The molecule has 1 heterocycles. The van der Waals surface area contributed by atoms with Gasteiger partial charge < -0.3 is 5.11 Å². The second-order valence-electron chi connectivity index (χ2n) is 5.44. The first kappa shape index (κ1) is 16.8. The molecule has 1 aliphatic heterocycles. The summed E-state index contributed by atoms with van der Waals surface area (Å²) in [6, 6.07) is 11.7. The maximum absolute atomic E-state index is 10.9. The lowest BCUT2D eigenvalue weighted by molar-refractivity contribution is -0.385. The normalized spacial score (nSPS) is 17.1. The molecule has 0 aliphatic carbocycles. The molecule has 0 bridgehead atoms. The zero-order valence-corrected chi connectivity index (χ0v) is 14.0. The minimum atomic E-state index is -0.723. The first-order chi connectivity index (χ1) is 12.0. The molecule has 2 aromatic carbocycles. The third kappa shape index (κ3) is 3.58. The van der Waals surface area contributed by atoms with Gasteiger partial charge in [0.25, 0.3) is 0 Å². The number of hydrogen-bond acceptors (Lipinski definition) is 7. The molecule has 0 saturated heterocycles. The zero-order chi connectivity index (χ0) is 18.0. The van der Waals surface area contributed by atoms with Crippen LogP contribution in [0.5, 0.6) is 5.75 Å². The second-order valence-corrected chi connectivity index (χ2v) is 5.88. The maximum atomic E-state index is 10.9. The predicted molar refractivity (Wildman–Crippen MR) is 95.0 cm³/mol. The van der Waals surface area contributed by atoms with Crippen molar-refractivity contribution in [1.82, 2.24) is 0 Å². The van der Waals surface area contributed by atoms with Crippen LogP contribution in [-0.4, -0.2) is 28.3 Å². The molecule has 0 aromatic heterocycles. The number of hydrogen-bond donors (Lipinski definition) is 1. The quantitative estimate of drug-likeness (QED) is 0.499. The summed E-state index contributed by atoms with van der Waals surface area (Å²) in [4.78, 5) is 10.2. The number of aromatic hydroxyl groups is 1. The number of para-hydroxylation sites is 1. The molecule has 3 rings (SSSR count). The molecule has 1 atom stereocenters. The standard InChI is InChI=1S/C16H14ClN5O3/c1-10-14(9-21(20-10)12-5-3-2-4-6-12)19-18-13-7-11(17)8-15(16(13)23)22(24)25/h2-8,14,23H,9H2,1H3. The Kier molecular flexibility index (Phi) is 4.62. The molecule has 128 valence electrons. The maximum Gasteiger partial charge on any atom is 0.314 e. The molecular formula is C16H14ClN5O3. The van der Waals surface area contributed by atoms with Crippen LogP contribution in [0.25, 0.3) is 0 Å². The number of nitro groups is 1. The predicted octanol–water partition coefficient (Wildman–Crippen LogP) is 4.30. The van der Waals surface area contributed by atoms with E-state index in [9.17, 15) is 15.2 Å². The molecule has 25 heavy (non-hydrogen) atoms. The topological polar surface area (TPSA) is 104 Å². The lowest BCUT2D eigenvalue weighted by Crippen LogP contribution is -2.21. The average molecular weight is 360 g/mol. The van der Waals surface area contributed by atoms with Crippen LogP contribution in [-0.2, 0) is 0 Å². The molecule has 0 saturated carbocycles. The van der Waals surface area contributed by atoms with Crippen LogP contribution in [0.3, 0.4) is 0 Å². The van der Waals surface area contributed by atoms with Crippen LogP contribution >= 0.6 is 11.6 Å². The highest BCUT2D eigenvalue weighted by molar-refractivity contribution is 6.31. The summed E-state index contributed by atoms with van der Waals surface area (Å²) in [5.41, 5.74) is 1.12. The van der Waals surface area contributed by atoms with Gasteiger partial charge in [-0.2, -0.15) is 15.3 Å². The van der Waals surface area contributed by atoms with Gasteiger partial charge in [0, 0.05) is 11.1 Å². The van der Waals surface area contributed by atoms with Gasteiger partial charge in [0.1, 0.15) is 11.7 Å². The van der Waals surface area contributed by atoms with Crippen molar-refractivity contribution in [2.75, 3.05) is 11.6 Å².